The Labute approximate surface area is 84.3 Å². The Morgan fingerprint density at radius 3 is 3.00 bits per heavy atom. The average molecular weight is 214 g/mol. The van der Waals surface area contributed by atoms with Gasteiger partial charge < -0.3 is 9.52 Å². The number of fused-ring (bicyclic) bond motifs is 1. The van der Waals surface area contributed by atoms with E-state index in [9.17, 15) is 4.79 Å². The zero-order chi connectivity index (χ0) is 10.1. The van der Waals surface area contributed by atoms with Gasteiger partial charge in [0, 0.05) is 5.02 Å². The maximum atomic E-state index is 11.3. The highest BCUT2D eigenvalue weighted by Gasteiger charge is 2.08. The molecule has 74 valence electrons. The molecule has 1 aromatic carbocycles. The Hall–Kier alpha value is -1.26. The molecule has 14 heavy (non-hydrogen) atoms. The fourth-order valence-corrected chi connectivity index (χ4v) is 1.51. The van der Waals surface area contributed by atoms with Crippen LogP contribution < -0.4 is 5.76 Å². The normalized spacial score (nSPS) is 11.0. The fraction of sp³-hybridized carbons (Fsp3) is 0.222. The van der Waals surface area contributed by atoms with Crippen molar-refractivity contribution in [1.29, 1.82) is 0 Å². The Bertz CT molecular complexity index is 514. The van der Waals surface area contributed by atoms with Crippen molar-refractivity contribution in [2.45, 2.75) is 6.54 Å². The molecule has 0 saturated carbocycles. The lowest BCUT2D eigenvalue weighted by atomic mass is 10.3. The molecule has 0 bridgehead atoms. The fourth-order valence-electron chi connectivity index (χ4n) is 1.35. The minimum Gasteiger partial charge on any atom is -0.408 e. The third kappa shape index (κ3) is 1.42. The first-order valence-electron chi connectivity index (χ1n) is 4.12. The van der Waals surface area contributed by atoms with Gasteiger partial charge in [-0.3, -0.25) is 4.57 Å². The maximum Gasteiger partial charge on any atom is 0.420 e. The molecule has 4 nitrogen and oxygen atoms in total. The second kappa shape index (κ2) is 3.48. The van der Waals surface area contributed by atoms with Crippen molar-refractivity contribution >= 4 is 22.7 Å². The summed E-state index contributed by atoms with van der Waals surface area (Å²) in [7, 11) is 0. The lowest BCUT2D eigenvalue weighted by Gasteiger charge is -1.97. The quantitative estimate of drug-likeness (QED) is 0.817. The first-order valence-corrected chi connectivity index (χ1v) is 4.50. The summed E-state index contributed by atoms with van der Waals surface area (Å²) in [6, 6.07) is 4.92. The molecule has 2 aromatic rings. The molecule has 5 heteroatoms. The lowest BCUT2D eigenvalue weighted by molar-refractivity contribution is 0.272. The number of hydrogen-bond acceptors (Lipinski definition) is 3. The van der Waals surface area contributed by atoms with E-state index in [0.29, 0.717) is 16.1 Å². The van der Waals surface area contributed by atoms with E-state index in [-0.39, 0.29) is 13.2 Å². The Balaban J connectivity index is 2.73. The predicted octanol–water partition coefficient (Wildman–Crippen LogP) is 1.24. The second-order valence-electron chi connectivity index (χ2n) is 2.86. The van der Waals surface area contributed by atoms with E-state index < -0.39 is 5.76 Å². The highest BCUT2D eigenvalue weighted by molar-refractivity contribution is 6.31. The Morgan fingerprint density at radius 2 is 2.29 bits per heavy atom. The summed E-state index contributed by atoms with van der Waals surface area (Å²) in [4.78, 5) is 11.3. The van der Waals surface area contributed by atoms with Gasteiger partial charge in [-0.1, -0.05) is 11.6 Å². The summed E-state index contributed by atoms with van der Waals surface area (Å²) in [6.45, 7) is 0.104. The zero-order valence-electron chi connectivity index (χ0n) is 7.24. The molecule has 1 N–H and O–H groups in total. The van der Waals surface area contributed by atoms with Gasteiger partial charge in [-0.2, -0.15) is 0 Å². The van der Waals surface area contributed by atoms with Gasteiger partial charge in [0.15, 0.2) is 5.58 Å². The number of oxazole rings is 1. The van der Waals surface area contributed by atoms with Crippen molar-refractivity contribution < 1.29 is 9.52 Å². The second-order valence-corrected chi connectivity index (χ2v) is 3.29. The lowest BCUT2D eigenvalue weighted by Crippen LogP contribution is -2.15. The average Bonchev–Trinajstić information content (AvgIpc) is 2.45. The van der Waals surface area contributed by atoms with Crippen molar-refractivity contribution in [1.82, 2.24) is 4.57 Å². The molecule has 0 atom stereocenters. The number of nitrogens with zero attached hydrogens (tertiary/aromatic N) is 1. The van der Waals surface area contributed by atoms with Crippen molar-refractivity contribution in [2.24, 2.45) is 0 Å². The van der Waals surface area contributed by atoms with E-state index in [1.165, 1.54) is 4.57 Å². The van der Waals surface area contributed by atoms with Gasteiger partial charge in [0.05, 0.1) is 18.7 Å². The van der Waals surface area contributed by atoms with Crippen LogP contribution in [0, 0.1) is 0 Å². The van der Waals surface area contributed by atoms with Crippen LogP contribution in [0.5, 0.6) is 0 Å². The van der Waals surface area contributed by atoms with Gasteiger partial charge in [-0.05, 0) is 18.2 Å². The van der Waals surface area contributed by atoms with E-state index in [2.05, 4.69) is 0 Å². The van der Waals surface area contributed by atoms with Crippen LogP contribution in [0.3, 0.4) is 0 Å². The van der Waals surface area contributed by atoms with E-state index in [1.807, 2.05) is 0 Å². The molecular formula is C9H8ClNO3. The monoisotopic (exact) mass is 213 g/mol. The highest BCUT2D eigenvalue weighted by atomic mass is 35.5. The molecule has 0 radical (unpaired) electrons. The van der Waals surface area contributed by atoms with Crippen LogP contribution in [0.2, 0.25) is 5.02 Å². The molecular weight excluding hydrogens is 206 g/mol. The summed E-state index contributed by atoms with van der Waals surface area (Å²) < 4.78 is 6.29. The van der Waals surface area contributed by atoms with Crippen LogP contribution in [0.15, 0.2) is 27.4 Å². The number of hydrogen-bond donors (Lipinski definition) is 1. The number of aliphatic hydroxyl groups is 1. The molecule has 0 aliphatic heterocycles. The first kappa shape index (κ1) is 9.30. The molecule has 2 rings (SSSR count). The van der Waals surface area contributed by atoms with Crippen LogP contribution in [0.4, 0.5) is 0 Å². The molecule has 0 fully saturated rings. The largest absolute Gasteiger partial charge is 0.420 e. The molecule has 0 saturated heterocycles. The summed E-state index contributed by atoms with van der Waals surface area (Å²) in [5.41, 5.74) is 1.09. The topological polar surface area (TPSA) is 55.4 Å². The third-order valence-electron chi connectivity index (χ3n) is 1.95. The minimum atomic E-state index is -0.476. The number of aromatic nitrogens is 1. The molecule has 0 unspecified atom stereocenters. The van der Waals surface area contributed by atoms with Gasteiger partial charge in [0.2, 0.25) is 0 Å². The van der Waals surface area contributed by atoms with Crippen molar-refractivity contribution in [3.63, 3.8) is 0 Å². The summed E-state index contributed by atoms with van der Waals surface area (Å²) in [6.07, 6.45) is 0. The number of aliphatic hydroxyl groups excluding tert-OH is 1. The van der Waals surface area contributed by atoms with Gasteiger partial charge >= 0.3 is 5.76 Å². The number of halogens is 1. The number of rotatable bonds is 2. The van der Waals surface area contributed by atoms with E-state index in [4.69, 9.17) is 21.1 Å². The van der Waals surface area contributed by atoms with Gasteiger partial charge in [0.1, 0.15) is 0 Å². The van der Waals surface area contributed by atoms with E-state index in [1.54, 1.807) is 18.2 Å². The molecule has 1 heterocycles. The van der Waals surface area contributed by atoms with Crippen molar-refractivity contribution in [2.75, 3.05) is 6.61 Å². The maximum absolute atomic E-state index is 11.3. The molecule has 0 aliphatic carbocycles. The Morgan fingerprint density at radius 1 is 1.50 bits per heavy atom. The SMILES string of the molecule is O=c1oc2ccc(Cl)cc2n1CCO. The first-order chi connectivity index (χ1) is 6.72. The minimum absolute atomic E-state index is 0.110. The molecule has 0 aliphatic rings. The van der Waals surface area contributed by atoms with Gasteiger partial charge in [-0.15, -0.1) is 0 Å². The van der Waals surface area contributed by atoms with Crippen LogP contribution in [-0.4, -0.2) is 16.3 Å². The van der Waals surface area contributed by atoms with Crippen LogP contribution >= 0.6 is 11.6 Å². The van der Waals surface area contributed by atoms with Crippen molar-refractivity contribution in [3.8, 4) is 0 Å². The zero-order valence-corrected chi connectivity index (χ0v) is 7.99. The Kier molecular flexibility index (Phi) is 2.31. The van der Waals surface area contributed by atoms with Crippen molar-refractivity contribution in [3.05, 3.63) is 33.8 Å². The predicted molar refractivity (Wildman–Crippen MR) is 52.6 cm³/mol. The van der Waals surface area contributed by atoms with Crippen LogP contribution in [0.1, 0.15) is 0 Å². The number of benzene rings is 1. The molecule has 1 aromatic heterocycles. The van der Waals surface area contributed by atoms with Gasteiger partial charge in [-0.25, -0.2) is 4.79 Å². The van der Waals surface area contributed by atoms with Crippen LogP contribution in [0.25, 0.3) is 11.1 Å². The summed E-state index contributed by atoms with van der Waals surface area (Å²) in [5.74, 6) is -0.476. The summed E-state index contributed by atoms with van der Waals surface area (Å²) >= 11 is 5.78. The van der Waals surface area contributed by atoms with E-state index in [0.717, 1.165) is 0 Å². The summed E-state index contributed by atoms with van der Waals surface area (Å²) in [5, 5.41) is 9.29. The highest BCUT2D eigenvalue weighted by Crippen LogP contribution is 2.17. The van der Waals surface area contributed by atoms with Gasteiger partial charge in [0.25, 0.3) is 0 Å². The smallest absolute Gasteiger partial charge is 0.408 e. The molecule has 0 amide bonds. The van der Waals surface area contributed by atoms with E-state index >= 15 is 0 Å². The van der Waals surface area contributed by atoms with Crippen LogP contribution in [-0.2, 0) is 6.54 Å². The standard InChI is InChI=1S/C9H8ClNO3/c10-6-1-2-8-7(5-6)11(3-4-12)9(13)14-8/h1-2,5,12H,3-4H2. The third-order valence-corrected chi connectivity index (χ3v) is 2.19. The molecule has 0 spiro atoms.